The van der Waals surface area contributed by atoms with Gasteiger partial charge in [-0.15, -0.1) is 0 Å². The van der Waals surface area contributed by atoms with Crippen molar-refractivity contribution in [3.8, 4) is 0 Å². The van der Waals surface area contributed by atoms with Gasteiger partial charge in [-0.3, -0.25) is 0 Å². The quantitative estimate of drug-likeness (QED) is 0.840. The number of rotatable bonds is 4. The van der Waals surface area contributed by atoms with Gasteiger partial charge in [0.2, 0.25) is 0 Å². The molecule has 0 spiro atoms. The molecule has 4 nitrogen and oxygen atoms in total. The molecule has 17 heavy (non-hydrogen) atoms. The van der Waals surface area contributed by atoms with E-state index in [0.717, 1.165) is 19.6 Å². The number of carboxylic acids is 1. The summed E-state index contributed by atoms with van der Waals surface area (Å²) in [4.78, 5) is 11.1. The Morgan fingerprint density at radius 1 is 1.53 bits per heavy atom. The molecule has 4 heteroatoms. The van der Waals surface area contributed by atoms with E-state index in [4.69, 9.17) is 9.84 Å². The summed E-state index contributed by atoms with van der Waals surface area (Å²) < 4.78 is 5.34. The largest absolute Gasteiger partial charge is 0.478 e. The van der Waals surface area contributed by atoms with Gasteiger partial charge in [0.15, 0.2) is 0 Å². The lowest BCUT2D eigenvalue weighted by Gasteiger charge is -2.21. The Bertz CT molecular complexity index is 399. The van der Waals surface area contributed by atoms with Crippen molar-refractivity contribution in [2.24, 2.45) is 5.92 Å². The molecular weight excluding hydrogens is 218 g/mol. The molecule has 0 saturated carbocycles. The van der Waals surface area contributed by atoms with Crippen LogP contribution in [0.2, 0.25) is 0 Å². The van der Waals surface area contributed by atoms with Gasteiger partial charge in [0, 0.05) is 24.3 Å². The predicted molar refractivity (Wildman–Crippen MR) is 65.4 cm³/mol. The van der Waals surface area contributed by atoms with Crippen LogP contribution in [-0.4, -0.2) is 30.3 Å². The Morgan fingerprint density at radius 3 is 2.94 bits per heavy atom. The fourth-order valence-corrected chi connectivity index (χ4v) is 2.11. The van der Waals surface area contributed by atoms with Gasteiger partial charge in [0.05, 0.1) is 12.2 Å². The summed E-state index contributed by atoms with van der Waals surface area (Å²) in [6.07, 6.45) is 1.03. The zero-order valence-electron chi connectivity index (χ0n) is 9.85. The van der Waals surface area contributed by atoms with Crippen LogP contribution in [0.4, 0.5) is 5.69 Å². The van der Waals surface area contributed by atoms with E-state index < -0.39 is 5.97 Å². The molecule has 0 aliphatic carbocycles. The van der Waals surface area contributed by atoms with Crippen LogP contribution < -0.4 is 5.32 Å². The highest BCUT2D eigenvalue weighted by molar-refractivity contribution is 5.94. The van der Waals surface area contributed by atoms with Gasteiger partial charge in [-0.25, -0.2) is 4.79 Å². The normalized spacial score (nSPS) is 21.1. The molecule has 1 aromatic carbocycles. The van der Waals surface area contributed by atoms with Crippen molar-refractivity contribution in [3.63, 3.8) is 0 Å². The number of para-hydroxylation sites is 1. The van der Waals surface area contributed by atoms with E-state index in [-0.39, 0.29) is 6.04 Å². The number of hydrogen-bond acceptors (Lipinski definition) is 3. The number of carbonyl (C=O) groups is 1. The van der Waals surface area contributed by atoms with Gasteiger partial charge in [0.1, 0.15) is 0 Å². The molecule has 0 aromatic heterocycles. The van der Waals surface area contributed by atoms with Gasteiger partial charge in [-0.1, -0.05) is 12.1 Å². The van der Waals surface area contributed by atoms with E-state index in [1.165, 1.54) is 0 Å². The van der Waals surface area contributed by atoms with E-state index in [0.29, 0.717) is 17.2 Å². The van der Waals surface area contributed by atoms with Crippen molar-refractivity contribution < 1.29 is 14.6 Å². The smallest absolute Gasteiger partial charge is 0.337 e. The van der Waals surface area contributed by atoms with Crippen LogP contribution in [0.25, 0.3) is 0 Å². The first-order valence-electron chi connectivity index (χ1n) is 5.85. The summed E-state index contributed by atoms with van der Waals surface area (Å²) in [5.41, 5.74) is 0.998. The standard InChI is InChI=1S/C13H17NO3/c1-9(10-6-7-17-8-10)14-12-5-3-2-4-11(12)13(15)16/h2-5,9-10,14H,6-8H2,1H3,(H,15,16). The lowest BCUT2D eigenvalue weighted by atomic mass is 10.00. The molecule has 0 bridgehead atoms. The summed E-state index contributed by atoms with van der Waals surface area (Å²) in [6.45, 7) is 3.62. The molecule has 0 amide bonds. The average molecular weight is 235 g/mol. The van der Waals surface area contributed by atoms with Crippen LogP contribution in [0, 0.1) is 5.92 Å². The van der Waals surface area contributed by atoms with Crippen LogP contribution in [0.5, 0.6) is 0 Å². The molecule has 1 heterocycles. The highest BCUT2D eigenvalue weighted by Gasteiger charge is 2.23. The molecule has 2 unspecified atom stereocenters. The summed E-state index contributed by atoms with van der Waals surface area (Å²) in [6, 6.07) is 7.21. The maximum Gasteiger partial charge on any atom is 0.337 e. The van der Waals surface area contributed by atoms with E-state index in [2.05, 4.69) is 12.2 Å². The minimum Gasteiger partial charge on any atom is -0.478 e. The maximum atomic E-state index is 11.1. The number of benzene rings is 1. The van der Waals surface area contributed by atoms with Gasteiger partial charge < -0.3 is 15.2 Å². The maximum absolute atomic E-state index is 11.1. The highest BCUT2D eigenvalue weighted by atomic mass is 16.5. The second-order valence-corrected chi connectivity index (χ2v) is 4.41. The van der Waals surface area contributed by atoms with Gasteiger partial charge in [0.25, 0.3) is 0 Å². The topological polar surface area (TPSA) is 58.6 Å². The molecule has 2 atom stereocenters. The van der Waals surface area contributed by atoms with Crippen LogP contribution >= 0.6 is 0 Å². The van der Waals surface area contributed by atoms with E-state index in [1.807, 2.05) is 6.07 Å². The third-order valence-corrected chi connectivity index (χ3v) is 3.21. The fourth-order valence-electron chi connectivity index (χ4n) is 2.11. The Morgan fingerprint density at radius 2 is 2.29 bits per heavy atom. The second kappa shape index (κ2) is 5.19. The van der Waals surface area contributed by atoms with Gasteiger partial charge in [-0.05, 0) is 25.5 Å². The number of hydrogen-bond donors (Lipinski definition) is 2. The van der Waals surface area contributed by atoms with Crippen LogP contribution in [0.15, 0.2) is 24.3 Å². The van der Waals surface area contributed by atoms with E-state index in [1.54, 1.807) is 18.2 Å². The van der Waals surface area contributed by atoms with Gasteiger partial charge >= 0.3 is 5.97 Å². The number of nitrogens with one attached hydrogen (secondary N) is 1. The van der Waals surface area contributed by atoms with Crippen LogP contribution in [-0.2, 0) is 4.74 Å². The summed E-state index contributed by atoms with van der Waals surface area (Å²) in [7, 11) is 0. The Kier molecular flexibility index (Phi) is 3.64. The zero-order chi connectivity index (χ0) is 12.3. The van der Waals surface area contributed by atoms with Crippen LogP contribution in [0.3, 0.4) is 0 Å². The van der Waals surface area contributed by atoms with Gasteiger partial charge in [-0.2, -0.15) is 0 Å². The SMILES string of the molecule is CC(Nc1ccccc1C(=O)O)C1CCOC1. The highest BCUT2D eigenvalue weighted by Crippen LogP contribution is 2.22. The molecular formula is C13H17NO3. The second-order valence-electron chi connectivity index (χ2n) is 4.41. The zero-order valence-corrected chi connectivity index (χ0v) is 9.85. The Hall–Kier alpha value is -1.55. The Labute approximate surface area is 101 Å². The third kappa shape index (κ3) is 2.77. The molecule has 1 aliphatic heterocycles. The summed E-state index contributed by atoms with van der Waals surface area (Å²) >= 11 is 0. The molecule has 1 saturated heterocycles. The Balaban J connectivity index is 2.09. The number of ether oxygens (including phenoxy) is 1. The first kappa shape index (κ1) is 11.9. The van der Waals surface area contributed by atoms with E-state index >= 15 is 0 Å². The predicted octanol–water partition coefficient (Wildman–Crippen LogP) is 2.22. The molecule has 1 fully saturated rings. The lowest BCUT2D eigenvalue weighted by Crippen LogP contribution is -2.27. The minimum absolute atomic E-state index is 0.220. The third-order valence-electron chi connectivity index (χ3n) is 3.21. The molecule has 0 radical (unpaired) electrons. The molecule has 1 aliphatic rings. The first-order chi connectivity index (χ1) is 8.18. The first-order valence-corrected chi connectivity index (χ1v) is 5.85. The average Bonchev–Trinajstić information content (AvgIpc) is 2.83. The fraction of sp³-hybridized carbons (Fsp3) is 0.462. The summed E-state index contributed by atoms with van der Waals surface area (Å²) in [5.74, 6) is -0.445. The monoisotopic (exact) mass is 235 g/mol. The van der Waals surface area contributed by atoms with Crippen molar-refractivity contribution in [2.45, 2.75) is 19.4 Å². The van der Waals surface area contributed by atoms with Crippen LogP contribution in [0.1, 0.15) is 23.7 Å². The number of aromatic carboxylic acids is 1. The van der Waals surface area contributed by atoms with Crippen molar-refractivity contribution in [1.29, 1.82) is 0 Å². The number of carboxylic acid groups (broad SMARTS) is 1. The molecule has 2 rings (SSSR count). The lowest BCUT2D eigenvalue weighted by molar-refractivity contribution is 0.0698. The molecule has 92 valence electrons. The van der Waals surface area contributed by atoms with Crippen molar-refractivity contribution in [3.05, 3.63) is 29.8 Å². The van der Waals surface area contributed by atoms with Crippen molar-refractivity contribution in [2.75, 3.05) is 18.5 Å². The molecule has 2 N–H and O–H groups in total. The van der Waals surface area contributed by atoms with Crippen molar-refractivity contribution in [1.82, 2.24) is 0 Å². The van der Waals surface area contributed by atoms with E-state index in [9.17, 15) is 4.79 Å². The van der Waals surface area contributed by atoms with Crippen molar-refractivity contribution >= 4 is 11.7 Å². The number of anilines is 1. The molecule has 1 aromatic rings. The minimum atomic E-state index is -0.900. The summed E-state index contributed by atoms with van der Waals surface area (Å²) in [5, 5.41) is 12.4.